The molecule has 0 spiro atoms. The first-order valence-corrected chi connectivity index (χ1v) is 4.98. The number of allylic oxidation sites excluding steroid dienone is 1. The van der Waals surface area contributed by atoms with Crippen molar-refractivity contribution in [3.8, 4) is 0 Å². The first-order valence-electron chi connectivity index (χ1n) is 4.98. The maximum atomic E-state index is 10.9. The van der Waals surface area contributed by atoms with Gasteiger partial charge in [0.1, 0.15) is 0 Å². The molecule has 4 nitrogen and oxygen atoms in total. The molecule has 0 aromatic heterocycles. The molecule has 0 heterocycles. The van der Waals surface area contributed by atoms with Gasteiger partial charge in [-0.3, -0.25) is 9.59 Å². The van der Waals surface area contributed by atoms with E-state index in [1.807, 2.05) is 0 Å². The van der Waals surface area contributed by atoms with E-state index in [0.29, 0.717) is 6.42 Å². The second-order valence-corrected chi connectivity index (χ2v) is 3.61. The summed E-state index contributed by atoms with van der Waals surface area (Å²) in [6, 6.07) is 0. The van der Waals surface area contributed by atoms with E-state index in [9.17, 15) is 14.4 Å². The molecule has 1 rings (SSSR count). The normalized spacial score (nSPS) is 19.4. The molecule has 1 saturated carbocycles. The van der Waals surface area contributed by atoms with E-state index in [1.54, 1.807) is 6.08 Å². The maximum Gasteiger partial charge on any atom is 0.330 e. The lowest BCUT2D eigenvalue weighted by atomic mass is 9.87. The van der Waals surface area contributed by atoms with E-state index < -0.39 is 5.97 Å². The molecule has 1 aliphatic carbocycles. The van der Waals surface area contributed by atoms with Crippen molar-refractivity contribution in [2.75, 3.05) is 0 Å². The molecule has 16 heavy (non-hydrogen) atoms. The van der Waals surface area contributed by atoms with E-state index >= 15 is 0 Å². The number of carboxylic acids is 1. The molecule has 0 amide bonds. The molecule has 1 aliphatic rings. The number of Topliss-reactive ketones (excluding diaryl/α,β-unsaturated/α-hetero) is 2. The second kappa shape index (κ2) is 6.71. The number of hydrogen-bond acceptors (Lipinski definition) is 3. The Bertz CT molecular complexity index is 316. The third kappa shape index (κ3) is 4.68. The highest BCUT2D eigenvalue weighted by Crippen LogP contribution is 2.18. The van der Waals surface area contributed by atoms with Crippen molar-refractivity contribution < 1.29 is 19.5 Å². The van der Waals surface area contributed by atoms with Crippen LogP contribution < -0.4 is 0 Å². The van der Waals surface area contributed by atoms with Gasteiger partial charge in [-0.25, -0.2) is 4.79 Å². The number of rotatable bonds is 2. The van der Waals surface area contributed by atoms with E-state index in [0.717, 1.165) is 12.8 Å². The molecule has 0 bridgehead atoms. The van der Waals surface area contributed by atoms with Crippen molar-refractivity contribution in [1.82, 2.24) is 0 Å². The fourth-order valence-corrected chi connectivity index (χ4v) is 1.17. The highest BCUT2D eigenvalue weighted by atomic mass is 16.4. The number of ketones is 2. The highest BCUT2D eigenvalue weighted by Gasteiger charge is 2.26. The van der Waals surface area contributed by atoms with Gasteiger partial charge in [-0.05, 0) is 19.8 Å². The zero-order valence-electron chi connectivity index (χ0n) is 9.36. The fraction of sp³-hybridized carbons (Fsp3) is 0.417. The van der Waals surface area contributed by atoms with Gasteiger partial charge in [-0.1, -0.05) is 12.7 Å². The molecule has 4 heteroatoms. The largest absolute Gasteiger partial charge is 0.478 e. The van der Waals surface area contributed by atoms with Crippen molar-refractivity contribution >= 4 is 17.5 Å². The van der Waals surface area contributed by atoms with Gasteiger partial charge in [-0.15, -0.1) is 6.58 Å². The topological polar surface area (TPSA) is 71.4 Å². The Labute approximate surface area is 94.7 Å². The first kappa shape index (κ1) is 14.3. The van der Waals surface area contributed by atoms with Crippen LogP contribution in [-0.4, -0.2) is 22.6 Å². The summed E-state index contributed by atoms with van der Waals surface area (Å²) in [4.78, 5) is 31.3. The van der Waals surface area contributed by atoms with E-state index in [1.165, 1.54) is 6.92 Å². The molecular weight excluding hydrogens is 208 g/mol. The van der Waals surface area contributed by atoms with E-state index in [2.05, 4.69) is 13.2 Å². The van der Waals surface area contributed by atoms with Crippen LogP contribution in [0, 0.1) is 5.92 Å². The van der Waals surface area contributed by atoms with Crippen LogP contribution in [0.3, 0.4) is 0 Å². The van der Waals surface area contributed by atoms with Crippen LogP contribution in [0.25, 0.3) is 0 Å². The van der Waals surface area contributed by atoms with Crippen molar-refractivity contribution in [3.05, 3.63) is 24.8 Å². The monoisotopic (exact) mass is 224 g/mol. The summed E-state index contributed by atoms with van der Waals surface area (Å²) in [5, 5.41) is 7.89. The third-order valence-electron chi connectivity index (χ3n) is 2.18. The van der Waals surface area contributed by atoms with Crippen LogP contribution in [0.2, 0.25) is 0 Å². The molecule has 0 aromatic carbocycles. The average Bonchev–Trinajstić information content (AvgIpc) is 2.23. The Kier molecular flexibility index (Phi) is 6.00. The number of aliphatic carboxylic acids is 1. The third-order valence-corrected chi connectivity index (χ3v) is 2.18. The Hall–Kier alpha value is -1.71. The van der Waals surface area contributed by atoms with Crippen molar-refractivity contribution in [2.45, 2.75) is 26.2 Å². The standard InChI is InChI=1S/C8H10O2.C4H6O2/c1-2-6-4-3-5-7(9)8(6)10;1-3(2)4(5)6/h2,6H,1,3-5H2;1H2,2H3,(H,5,6). The van der Waals surface area contributed by atoms with Crippen LogP contribution in [0.4, 0.5) is 0 Å². The summed E-state index contributed by atoms with van der Waals surface area (Å²) >= 11 is 0. The van der Waals surface area contributed by atoms with Gasteiger partial charge in [0.25, 0.3) is 0 Å². The van der Waals surface area contributed by atoms with Crippen molar-refractivity contribution in [3.63, 3.8) is 0 Å². The fourth-order valence-electron chi connectivity index (χ4n) is 1.17. The Morgan fingerprint density at radius 3 is 2.31 bits per heavy atom. The predicted octanol–water partition coefficient (Wildman–Crippen LogP) is 1.76. The van der Waals surface area contributed by atoms with Gasteiger partial charge in [-0.2, -0.15) is 0 Å². The lowest BCUT2D eigenvalue weighted by Crippen LogP contribution is -2.26. The van der Waals surface area contributed by atoms with Gasteiger partial charge in [0.15, 0.2) is 5.78 Å². The summed E-state index contributed by atoms with van der Waals surface area (Å²) in [5.41, 5.74) is 0.176. The Morgan fingerprint density at radius 2 is 2.00 bits per heavy atom. The molecule has 1 N–H and O–H groups in total. The highest BCUT2D eigenvalue weighted by molar-refractivity contribution is 6.38. The summed E-state index contributed by atoms with van der Waals surface area (Å²) in [5.74, 6) is -1.60. The zero-order valence-corrected chi connectivity index (χ0v) is 9.36. The van der Waals surface area contributed by atoms with Gasteiger partial charge in [0.05, 0.1) is 0 Å². The lowest BCUT2D eigenvalue weighted by molar-refractivity contribution is -0.139. The molecule has 0 aromatic rings. The molecule has 1 fully saturated rings. The van der Waals surface area contributed by atoms with Gasteiger partial charge < -0.3 is 5.11 Å². The Balaban J connectivity index is 0.000000325. The smallest absolute Gasteiger partial charge is 0.330 e. The summed E-state index contributed by atoms with van der Waals surface area (Å²) in [6.45, 7) is 8.10. The van der Waals surface area contributed by atoms with Gasteiger partial charge >= 0.3 is 5.97 Å². The molecule has 0 saturated heterocycles. The molecule has 0 aliphatic heterocycles. The van der Waals surface area contributed by atoms with Crippen LogP contribution in [0.1, 0.15) is 26.2 Å². The van der Waals surface area contributed by atoms with E-state index in [-0.39, 0.29) is 23.1 Å². The summed E-state index contributed by atoms with van der Waals surface area (Å²) in [7, 11) is 0. The quantitative estimate of drug-likeness (QED) is 0.440. The minimum absolute atomic E-state index is 0.176. The SMILES string of the molecule is C=C(C)C(=O)O.C=CC1CCCC(=O)C1=O. The molecule has 0 radical (unpaired) electrons. The number of hydrogen-bond donors (Lipinski definition) is 1. The number of carbonyl (C=O) groups excluding carboxylic acids is 2. The Morgan fingerprint density at radius 1 is 1.50 bits per heavy atom. The van der Waals surface area contributed by atoms with Crippen LogP contribution in [-0.2, 0) is 14.4 Å². The van der Waals surface area contributed by atoms with E-state index in [4.69, 9.17) is 5.11 Å². The van der Waals surface area contributed by atoms with Crippen LogP contribution >= 0.6 is 0 Å². The summed E-state index contributed by atoms with van der Waals surface area (Å²) < 4.78 is 0. The second-order valence-electron chi connectivity index (χ2n) is 3.61. The summed E-state index contributed by atoms with van der Waals surface area (Å²) in [6.07, 6.45) is 3.64. The van der Waals surface area contributed by atoms with Gasteiger partial charge in [0, 0.05) is 17.9 Å². The number of carboxylic acid groups (broad SMARTS) is 1. The van der Waals surface area contributed by atoms with Crippen LogP contribution in [0.15, 0.2) is 24.8 Å². The van der Waals surface area contributed by atoms with Crippen molar-refractivity contribution in [2.24, 2.45) is 5.92 Å². The molecule has 88 valence electrons. The van der Waals surface area contributed by atoms with Gasteiger partial charge in [0.2, 0.25) is 5.78 Å². The van der Waals surface area contributed by atoms with Crippen LogP contribution in [0.5, 0.6) is 0 Å². The zero-order chi connectivity index (χ0) is 12.7. The average molecular weight is 224 g/mol. The molecular formula is C12H16O4. The lowest BCUT2D eigenvalue weighted by Gasteiger charge is -2.14. The molecule has 1 unspecified atom stereocenters. The number of carbonyl (C=O) groups is 3. The minimum Gasteiger partial charge on any atom is -0.478 e. The molecule has 1 atom stereocenters. The first-order chi connectivity index (χ1) is 7.40. The minimum atomic E-state index is -0.935. The predicted molar refractivity (Wildman–Crippen MR) is 60.0 cm³/mol. The van der Waals surface area contributed by atoms with Crippen molar-refractivity contribution in [1.29, 1.82) is 0 Å². The maximum absolute atomic E-state index is 10.9.